The summed E-state index contributed by atoms with van der Waals surface area (Å²) >= 11 is 1.62. The summed E-state index contributed by atoms with van der Waals surface area (Å²) in [5.74, 6) is -0.636. The number of carboxylic acid groups (broad SMARTS) is 1. The van der Waals surface area contributed by atoms with Gasteiger partial charge in [-0.25, -0.2) is 9.59 Å². The minimum Gasteiger partial charge on any atom is -0.481 e. The maximum atomic E-state index is 12.7. The second-order valence-electron chi connectivity index (χ2n) is 9.47. The van der Waals surface area contributed by atoms with Crippen molar-refractivity contribution in [2.24, 2.45) is 4.99 Å². The third kappa shape index (κ3) is 6.69. The molecule has 4 rings (SSSR count). The third-order valence-corrected chi connectivity index (χ3v) is 7.57. The predicted molar refractivity (Wildman–Crippen MR) is 147 cm³/mol. The highest BCUT2D eigenvalue weighted by molar-refractivity contribution is 8.14. The van der Waals surface area contributed by atoms with Gasteiger partial charge in [-0.15, -0.1) is 11.8 Å². The highest BCUT2D eigenvalue weighted by atomic mass is 32.2. The molecule has 0 spiro atoms. The van der Waals surface area contributed by atoms with Crippen LogP contribution in [0.2, 0.25) is 0 Å². The van der Waals surface area contributed by atoms with E-state index in [0.717, 1.165) is 23.8 Å². The average molecular weight is 558 g/mol. The molecule has 14 heteroatoms. The quantitative estimate of drug-likeness (QED) is 0.358. The minimum atomic E-state index is -1.47. The zero-order valence-electron chi connectivity index (χ0n) is 22.1. The molecule has 3 amide bonds. The van der Waals surface area contributed by atoms with Gasteiger partial charge >= 0.3 is 18.0 Å². The number of urea groups is 1. The van der Waals surface area contributed by atoms with E-state index in [9.17, 15) is 19.5 Å². The zero-order valence-corrected chi connectivity index (χ0v) is 22.9. The van der Waals surface area contributed by atoms with Crippen LogP contribution in [0, 0.1) is 0 Å². The fourth-order valence-corrected chi connectivity index (χ4v) is 5.43. The van der Waals surface area contributed by atoms with Crippen LogP contribution in [0.3, 0.4) is 0 Å². The number of aliphatic imine (C=N–C) groups is 1. The number of para-hydroxylation sites is 1. The van der Waals surface area contributed by atoms with E-state index in [1.807, 2.05) is 0 Å². The summed E-state index contributed by atoms with van der Waals surface area (Å²) in [5.41, 5.74) is -1.06. The first kappa shape index (κ1) is 28.0. The van der Waals surface area contributed by atoms with Crippen LogP contribution in [0.4, 0.5) is 16.3 Å². The van der Waals surface area contributed by atoms with Gasteiger partial charge in [0.1, 0.15) is 11.4 Å². The van der Waals surface area contributed by atoms with E-state index in [4.69, 9.17) is 14.5 Å². The number of benzene rings is 1. The second-order valence-corrected chi connectivity index (χ2v) is 10.8. The standard InChI is InChI=1S/C25H31N7O6S/c1-25(2,22(34)35)31-21(33)14-7-5-6-8-15(14)28-23(36)26-12-20-27-16-9-10-32(13-17(16)39-20)18-11-19(37-3)30-24(29-18)38-4/h5-8,11,16-17H,9-10,12-13H2,1-4H3,(H,31,33)(H,34,35)(H2,26,28,36). The number of methoxy groups -OCH3 is 2. The molecule has 0 saturated carbocycles. The van der Waals surface area contributed by atoms with E-state index in [1.54, 1.807) is 43.1 Å². The van der Waals surface area contributed by atoms with Gasteiger partial charge in [-0.2, -0.15) is 9.97 Å². The van der Waals surface area contributed by atoms with Crippen molar-refractivity contribution in [2.45, 2.75) is 37.1 Å². The van der Waals surface area contributed by atoms with Gasteiger partial charge in [0.2, 0.25) is 5.88 Å². The molecule has 0 radical (unpaired) electrons. The Hall–Kier alpha value is -4.07. The van der Waals surface area contributed by atoms with Crippen molar-refractivity contribution in [3.8, 4) is 11.9 Å². The van der Waals surface area contributed by atoms with E-state index in [-0.39, 0.29) is 35.1 Å². The highest BCUT2D eigenvalue weighted by Gasteiger charge is 2.36. The zero-order chi connectivity index (χ0) is 28.2. The maximum Gasteiger partial charge on any atom is 0.328 e. The molecule has 2 aliphatic heterocycles. The first-order valence-corrected chi connectivity index (χ1v) is 13.1. The van der Waals surface area contributed by atoms with E-state index in [2.05, 4.69) is 30.8 Å². The van der Waals surface area contributed by atoms with Crippen LogP contribution in [-0.4, -0.2) is 88.7 Å². The van der Waals surface area contributed by atoms with E-state index in [0.29, 0.717) is 12.4 Å². The lowest BCUT2D eigenvalue weighted by Gasteiger charge is -2.34. The molecular weight excluding hydrogens is 526 g/mol. The fraction of sp³-hybridized carbons (Fsp3) is 0.440. The van der Waals surface area contributed by atoms with Crippen molar-refractivity contribution >= 4 is 46.2 Å². The molecule has 2 atom stereocenters. The summed E-state index contributed by atoms with van der Waals surface area (Å²) in [4.78, 5) is 52.2. The van der Waals surface area contributed by atoms with Crippen LogP contribution in [0.1, 0.15) is 30.6 Å². The molecule has 2 unspecified atom stereocenters. The molecule has 2 aliphatic rings. The van der Waals surface area contributed by atoms with Gasteiger partial charge in [-0.05, 0) is 32.4 Å². The molecule has 2 aromatic rings. The van der Waals surface area contributed by atoms with Crippen molar-refractivity contribution in [2.75, 3.05) is 44.1 Å². The second kappa shape index (κ2) is 11.8. The number of anilines is 2. The molecule has 1 aromatic carbocycles. The summed E-state index contributed by atoms with van der Waals surface area (Å²) in [6.07, 6.45) is 0.831. The van der Waals surface area contributed by atoms with Crippen LogP contribution >= 0.6 is 11.8 Å². The van der Waals surface area contributed by atoms with Gasteiger partial charge in [0.15, 0.2) is 0 Å². The monoisotopic (exact) mass is 557 g/mol. The summed E-state index contributed by atoms with van der Waals surface area (Å²) in [5, 5.41) is 18.2. The SMILES string of the molecule is COc1cc(N2CCC3N=C(CNC(=O)Nc4ccccc4C(=O)NC(C)(C)C(=O)O)SC3C2)nc(OC)n1. The smallest absolute Gasteiger partial charge is 0.328 e. The number of rotatable bonds is 9. The lowest BCUT2D eigenvalue weighted by atomic mass is 10.0. The summed E-state index contributed by atoms with van der Waals surface area (Å²) in [6.45, 7) is 4.47. The number of fused-ring (bicyclic) bond motifs is 1. The highest BCUT2D eigenvalue weighted by Crippen LogP contribution is 2.35. The average Bonchev–Trinajstić information content (AvgIpc) is 3.33. The Morgan fingerprint density at radius 1 is 1.18 bits per heavy atom. The van der Waals surface area contributed by atoms with Crippen LogP contribution in [0.15, 0.2) is 35.3 Å². The molecule has 1 saturated heterocycles. The van der Waals surface area contributed by atoms with Crippen molar-refractivity contribution < 1.29 is 29.0 Å². The fourth-order valence-electron chi connectivity index (χ4n) is 4.12. The summed E-state index contributed by atoms with van der Waals surface area (Å²) < 4.78 is 10.5. The molecule has 1 fully saturated rings. The Kier molecular flexibility index (Phi) is 8.43. The Balaban J connectivity index is 1.32. The lowest BCUT2D eigenvalue weighted by molar-refractivity contribution is -0.143. The Morgan fingerprint density at radius 2 is 1.95 bits per heavy atom. The number of carboxylic acids is 1. The number of nitrogens with zero attached hydrogens (tertiary/aromatic N) is 4. The van der Waals surface area contributed by atoms with Gasteiger partial charge in [0.25, 0.3) is 5.91 Å². The Labute approximate surface area is 229 Å². The molecule has 13 nitrogen and oxygen atoms in total. The molecular formula is C25H31N7O6S. The number of nitrogens with one attached hydrogen (secondary N) is 3. The van der Waals surface area contributed by atoms with Crippen molar-refractivity contribution in [3.05, 3.63) is 35.9 Å². The van der Waals surface area contributed by atoms with Gasteiger partial charge in [-0.1, -0.05) is 12.1 Å². The largest absolute Gasteiger partial charge is 0.481 e. The molecule has 0 bridgehead atoms. The number of hydrogen-bond acceptors (Lipinski definition) is 10. The summed E-state index contributed by atoms with van der Waals surface area (Å²) in [7, 11) is 3.05. The number of piperidine rings is 1. The van der Waals surface area contributed by atoms with Gasteiger partial charge in [0.05, 0.1) is 48.4 Å². The number of aromatic nitrogens is 2. The molecule has 3 heterocycles. The lowest BCUT2D eigenvalue weighted by Crippen LogP contribution is -2.49. The maximum absolute atomic E-state index is 12.7. The van der Waals surface area contributed by atoms with E-state index < -0.39 is 23.4 Å². The van der Waals surface area contributed by atoms with Crippen LogP contribution in [0.25, 0.3) is 0 Å². The molecule has 0 aliphatic carbocycles. The van der Waals surface area contributed by atoms with E-state index >= 15 is 0 Å². The van der Waals surface area contributed by atoms with Crippen LogP contribution in [-0.2, 0) is 4.79 Å². The number of hydrogen-bond donors (Lipinski definition) is 4. The van der Waals surface area contributed by atoms with Gasteiger partial charge in [0, 0.05) is 19.2 Å². The molecule has 208 valence electrons. The number of aliphatic carboxylic acids is 1. The number of carbonyl (C=O) groups is 3. The number of ether oxygens (including phenoxy) is 2. The van der Waals surface area contributed by atoms with Gasteiger partial charge in [-0.3, -0.25) is 9.79 Å². The number of thioether (sulfide) groups is 1. The van der Waals surface area contributed by atoms with Crippen LogP contribution < -0.4 is 30.3 Å². The Morgan fingerprint density at radius 3 is 2.67 bits per heavy atom. The first-order chi connectivity index (χ1) is 18.6. The molecule has 39 heavy (non-hydrogen) atoms. The van der Waals surface area contributed by atoms with Crippen molar-refractivity contribution in [1.82, 2.24) is 20.6 Å². The minimum absolute atomic E-state index is 0.138. The summed E-state index contributed by atoms with van der Waals surface area (Å²) in [6, 6.07) is 8.04. The van der Waals surface area contributed by atoms with Crippen molar-refractivity contribution in [1.29, 1.82) is 0 Å². The normalized spacial score (nSPS) is 18.5. The first-order valence-electron chi connectivity index (χ1n) is 12.2. The molecule has 1 aromatic heterocycles. The molecule has 4 N–H and O–H groups in total. The van der Waals surface area contributed by atoms with Crippen LogP contribution in [0.5, 0.6) is 11.9 Å². The Bertz CT molecular complexity index is 1270. The third-order valence-electron chi connectivity index (χ3n) is 6.29. The topological polar surface area (TPSA) is 167 Å². The predicted octanol–water partition coefficient (Wildman–Crippen LogP) is 2.00. The van der Waals surface area contributed by atoms with Crippen molar-refractivity contribution in [3.63, 3.8) is 0 Å². The van der Waals surface area contributed by atoms with Gasteiger partial charge < -0.3 is 35.4 Å². The number of amides is 3. The number of carbonyl (C=O) groups excluding carboxylic acids is 2. The van der Waals surface area contributed by atoms with E-state index in [1.165, 1.54) is 27.0 Å².